The van der Waals surface area contributed by atoms with Crippen LogP contribution in [0.1, 0.15) is 40.0 Å². The highest BCUT2D eigenvalue weighted by atomic mass is 32.2. The van der Waals surface area contributed by atoms with E-state index in [0.29, 0.717) is 32.2 Å². The SMILES string of the molecule is CCCCOCCNS(=O)(=O)CCCNC(C)C. The molecule has 0 saturated heterocycles. The molecule has 0 saturated carbocycles. The molecule has 0 bridgehead atoms. The van der Waals surface area contributed by atoms with Crippen LogP contribution in [0.2, 0.25) is 0 Å². The van der Waals surface area contributed by atoms with E-state index in [1.807, 2.05) is 13.8 Å². The summed E-state index contributed by atoms with van der Waals surface area (Å²) in [6, 6.07) is 0.396. The van der Waals surface area contributed by atoms with Gasteiger partial charge in [0, 0.05) is 19.2 Å². The van der Waals surface area contributed by atoms with Crippen LogP contribution >= 0.6 is 0 Å². The summed E-state index contributed by atoms with van der Waals surface area (Å²) in [6.45, 7) is 8.42. The Morgan fingerprint density at radius 1 is 1.11 bits per heavy atom. The first-order valence-corrected chi connectivity index (χ1v) is 8.41. The maximum absolute atomic E-state index is 11.6. The normalized spacial score (nSPS) is 12.2. The van der Waals surface area contributed by atoms with Gasteiger partial charge in [-0.15, -0.1) is 0 Å². The van der Waals surface area contributed by atoms with Gasteiger partial charge in [-0.2, -0.15) is 0 Å². The van der Waals surface area contributed by atoms with Crippen molar-refractivity contribution in [2.24, 2.45) is 0 Å². The van der Waals surface area contributed by atoms with E-state index in [4.69, 9.17) is 4.74 Å². The zero-order chi connectivity index (χ0) is 13.9. The summed E-state index contributed by atoms with van der Waals surface area (Å²) in [5.74, 6) is 0.168. The molecule has 0 rings (SSSR count). The Morgan fingerprint density at radius 3 is 2.44 bits per heavy atom. The van der Waals surface area contributed by atoms with E-state index in [2.05, 4.69) is 17.0 Å². The molecular formula is C12H28N2O3S. The van der Waals surface area contributed by atoms with E-state index < -0.39 is 10.0 Å². The molecule has 0 aromatic rings. The van der Waals surface area contributed by atoms with Gasteiger partial charge in [-0.1, -0.05) is 27.2 Å². The van der Waals surface area contributed by atoms with Crippen LogP contribution in [0, 0.1) is 0 Å². The molecule has 110 valence electrons. The van der Waals surface area contributed by atoms with Crippen LogP contribution in [0.4, 0.5) is 0 Å². The highest BCUT2D eigenvalue weighted by Crippen LogP contribution is 1.91. The molecule has 5 nitrogen and oxygen atoms in total. The summed E-state index contributed by atoms with van der Waals surface area (Å²) in [5, 5.41) is 3.19. The molecule has 0 aromatic heterocycles. The summed E-state index contributed by atoms with van der Waals surface area (Å²) in [4.78, 5) is 0. The molecule has 0 aliphatic carbocycles. The summed E-state index contributed by atoms with van der Waals surface area (Å²) >= 11 is 0. The highest BCUT2D eigenvalue weighted by Gasteiger charge is 2.08. The minimum absolute atomic E-state index is 0.168. The predicted molar refractivity (Wildman–Crippen MR) is 75.3 cm³/mol. The lowest BCUT2D eigenvalue weighted by atomic mass is 10.4. The van der Waals surface area contributed by atoms with E-state index in [1.165, 1.54) is 0 Å². The zero-order valence-corrected chi connectivity index (χ0v) is 12.7. The van der Waals surface area contributed by atoms with Crippen molar-refractivity contribution in [1.82, 2.24) is 10.0 Å². The van der Waals surface area contributed by atoms with Gasteiger partial charge >= 0.3 is 0 Å². The summed E-state index contributed by atoms with van der Waals surface area (Å²) < 4.78 is 31.0. The standard InChI is InChI=1S/C12H28N2O3S/c1-4-5-9-17-10-8-14-18(15,16)11-6-7-13-12(2)3/h12-14H,4-11H2,1-3H3. The van der Waals surface area contributed by atoms with Gasteiger partial charge < -0.3 is 10.1 Å². The van der Waals surface area contributed by atoms with Crippen molar-refractivity contribution in [2.45, 2.75) is 46.1 Å². The third-order valence-electron chi connectivity index (χ3n) is 2.35. The first-order chi connectivity index (χ1) is 8.48. The summed E-state index contributed by atoms with van der Waals surface area (Å²) in [7, 11) is -3.14. The molecule has 0 aliphatic heterocycles. The molecule has 2 N–H and O–H groups in total. The van der Waals surface area contributed by atoms with E-state index in [9.17, 15) is 8.42 Å². The quantitative estimate of drug-likeness (QED) is 0.526. The molecule has 0 fully saturated rings. The third kappa shape index (κ3) is 12.3. The Hall–Kier alpha value is -0.170. The van der Waals surface area contributed by atoms with Gasteiger partial charge in [0.2, 0.25) is 10.0 Å². The summed E-state index contributed by atoms with van der Waals surface area (Å²) in [5.41, 5.74) is 0. The molecule has 0 aliphatic rings. The zero-order valence-electron chi connectivity index (χ0n) is 11.9. The fourth-order valence-electron chi connectivity index (χ4n) is 1.34. The molecule has 0 spiro atoms. The number of unbranched alkanes of at least 4 members (excludes halogenated alkanes) is 1. The van der Waals surface area contributed by atoms with Gasteiger partial charge in [0.25, 0.3) is 0 Å². The number of hydrogen-bond donors (Lipinski definition) is 2. The monoisotopic (exact) mass is 280 g/mol. The lowest BCUT2D eigenvalue weighted by Crippen LogP contribution is -2.32. The minimum atomic E-state index is -3.14. The minimum Gasteiger partial charge on any atom is -0.380 e. The van der Waals surface area contributed by atoms with Crippen molar-refractivity contribution in [2.75, 3.05) is 32.1 Å². The van der Waals surface area contributed by atoms with Gasteiger partial charge in [-0.05, 0) is 19.4 Å². The van der Waals surface area contributed by atoms with Crippen LogP contribution < -0.4 is 10.0 Å². The van der Waals surface area contributed by atoms with Crippen LogP contribution in [-0.2, 0) is 14.8 Å². The number of nitrogens with one attached hydrogen (secondary N) is 2. The molecule has 0 heterocycles. The van der Waals surface area contributed by atoms with Crippen molar-refractivity contribution >= 4 is 10.0 Å². The number of ether oxygens (including phenoxy) is 1. The molecule has 0 aromatic carbocycles. The highest BCUT2D eigenvalue weighted by molar-refractivity contribution is 7.89. The van der Waals surface area contributed by atoms with Crippen LogP contribution in [-0.4, -0.2) is 46.5 Å². The summed E-state index contributed by atoms with van der Waals surface area (Å²) in [6.07, 6.45) is 2.74. The van der Waals surface area contributed by atoms with Gasteiger partial charge in [0.15, 0.2) is 0 Å². The average molecular weight is 280 g/mol. The second kappa shape index (κ2) is 10.7. The van der Waals surface area contributed by atoms with Crippen molar-refractivity contribution in [1.29, 1.82) is 0 Å². The second-order valence-corrected chi connectivity index (χ2v) is 6.57. The van der Waals surface area contributed by atoms with Crippen molar-refractivity contribution in [3.63, 3.8) is 0 Å². The van der Waals surface area contributed by atoms with Gasteiger partial charge in [0.1, 0.15) is 0 Å². The first kappa shape index (κ1) is 17.8. The molecular weight excluding hydrogens is 252 g/mol. The van der Waals surface area contributed by atoms with Gasteiger partial charge in [-0.25, -0.2) is 13.1 Å². The van der Waals surface area contributed by atoms with Crippen LogP contribution in [0.3, 0.4) is 0 Å². The Bertz CT molecular complexity index is 279. The Kier molecular flexibility index (Phi) is 10.6. The van der Waals surface area contributed by atoms with Crippen molar-refractivity contribution in [3.05, 3.63) is 0 Å². The van der Waals surface area contributed by atoms with Gasteiger partial charge in [0.05, 0.1) is 12.4 Å². The molecule has 6 heteroatoms. The Labute approximate surface area is 112 Å². The van der Waals surface area contributed by atoms with Crippen LogP contribution in [0.15, 0.2) is 0 Å². The molecule has 18 heavy (non-hydrogen) atoms. The van der Waals surface area contributed by atoms with Gasteiger partial charge in [-0.3, -0.25) is 0 Å². The lowest BCUT2D eigenvalue weighted by molar-refractivity contribution is 0.136. The maximum Gasteiger partial charge on any atom is 0.211 e. The molecule has 0 atom stereocenters. The van der Waals surface area contributed by atoms with Crippen LogP contribution in [0.25, 0.3) is 0 Å². The average Bonchev–Trinajstić information content (AvgIpc) is 2.29. The first-order valence-electron chi connectivity index (χ1n) is 6.76. The van der Waals surface area contributed by atoms with Crippen molar-refractivity contribution < 1.29 is 13.2 Å². The fraction of sp³-hybridized carbons (Fsp3) is 1.00. The van der Waals surface area contributed by atoms with E-state index >= 15 is 0 Å². The smallest absolute Gasteiger partial charge is 0.211 e. The predicted octanol–water partition coefficient (Wildman–Crippen LogP) is 1.11. The third-order valence-corrected chi connectivity index (χ3v) is 3.82. The Balaban J connectivity index is 3.49. The number of sulfonamides is 1. The largest absolute Gasteiger partial charge is 0.380 e. The molecule has 0 amide bonds. The maximum atomic E-state index is 11.6. The number of rotatable bonds is 12. The fourth-order valence-corrected chi connectivity index (χ4v) is 2.41. The van der Waals surface area contributed by atoms with E-state index in [1.54, 1.807) is 0 Å². The van der Waals surface area contributed by atoms with E-state index in [-0.39, 0.29) is 5.75 Å². The molecule has 0 unspecified atom stereocenters. The molecule has 0 radical (unpaired) electrons. The topological polar surface area (TPSA) is 67.4 Å². The van der Waals surface area contributed by atoms with Crippen LogP contribution in [0.5, 0.6) is 0 Å². The second-order valence-electron chi connectivity index (χ2n) is 4.64. The lowest BCUT2D eigenvalue weighted by Gasteiger charge is -2.09. The number of hydrogen-bond acceptors (Lipinski definition) is 4. The van der Waals surface area contributed by atoms with Crippen molar-refractivity contribution in [3.8, 4) is 0 Å². The van der Waals surface area contributed by atoms with E-state index in [0.717, 1.165) is 19.4 Å². The Morgan fingerprint density at radius 2 is 1.83 bits per heavy atom.